The zero-order chi connectivity index (χ0) is 23.5. The average Bonchev–Trinajstić information content (AvgIpc) is 3.36. The zero-order valence-corrected chi connectivity index (χ0v) is 19.0. The molecule has 0 saturated carbocycles. The molecule has 4 aromatic rings. The van der Waals surface area contributed by atoms with Gasteiger partial charge in [0.05, 0.1) is 12.8 Å². The van der Waals surface area contributed by atoms with Gasteiger partial charge in [-0.05, 0) is 54.4 Å². The lowest BCUT2D eigenvalue weighted by Gasteiger charge is -2.34. The van der Waals surface area contributed by atoms with Gasteiger partial charge in [0.1, 0.15) is 23.7 Å². The van der Waals surface area contributed by atoms with E-state index >= 15 is 0 Å². The van der Waals surface area contributed by atoms with E-state index in [1.54, 1.807) is 12.3 Å². The number of benzene rings is 2. The molecule has 1 amide bonds. The summed E-state index contributed by atoms with van der Waals surface area (Å²) >= 11 is 0. The van der Waals surface area contributed by atoms with Crippen molar-refractivity contribution in [3.63, 3.8) is 0 Å². The molecule has 5 rings (SSSR count). The molecule has 0 radical (unpaired) electrons. The third-order valence-electron chi connectivity index (χ3n) is 6.15. The van der Waals surface area contributed by atoms with Crippen molar-refractivity contribution in [2.24, 2.45) is 0 Å². The number of nitrogens with zero attached hydrogens (tertiary/aromatic N) is 2. The van der Waals surface area contributed by atoms with E-state index in [2.05, 4.69) is 4.90 Å². The van der Waals surface area contributed by atoms with Crippen molar-refractivity contribution in [2.45, 2.75) is 20.1 Å². The first-order chi connectivity index (χ1) is 16.5. The summed E-state index contributed by atoms with van der Waals surface area (Å²) in [5, 5.41) is 0.886. The molecule has 0 bridgehead atoms. The van der Waals surface area contributed by atoms with E-state index in [1.807, 2.05) is 60.4 Å². The van der Waals surface area contributed by atoms with Gasteiger partial charge in [-0.1, -0.05) is 12.1 Å². The lowest BCUT2D eigenvalue weighted by atomic mass is 10.1. The van der Waals surface area contributed by atoms with Crippen molar-refractivity contribution in [3.05, 3.63) is 99.8 Å². The van der Waals surface area contributed by atoms with Crippen LogP contribution in [0.25, 0.3) is 11.0 Å². The Morgan fingerprint density at radius 1 is 1.00 bits per heavy atom. The fourth-order valence-corrected chi connectivity index (χ4v) is 4.22. The third kappa shape index (κ3) is 4.89. The summed E-state index contributed by atoms with van der Waals surface area (Å²) in [5.74, 6) is 1.61. The van der Waals surface area contributed by atoms with Crippen LogP contribution in [0.2, 0.25) is 0 Å². The van der Waals surface area contributed by atoms with Gasteiger partial charge >= 0.3 is 5.63 Å². The maximum Gasteiger partial charge on any atom is 0.336 e. The number of carbonyl (C=O) groups excluding carboxylic acids is 1. The van der Waals surface area contributed by atoms with E-state index in [4.69, 9.17) is 13.6 Å². The molecule has 3 heterocycles. The number of amides is 1. The summed E-state index contributed by atoms with van der Waals surface area (Å²) in [4.78, 5) is 28.7. The lowest BCUT2D eigenvalue weighted by molar-refractivity contribution is 0.0620. The van der Waals surface area contributed by atoms with Crippen LogP contribution in [0.4, 0.5) is 0 Å². The summed E-state index contributed by atoms with van der Waals surface area (Å²) in [6, 6.07) is 18.3. The Bertz CT molecular complexity index is 1330. The maximum atomic E-state index is 12.9. The van der Waals surface area contributed by atoms with Gasteiger partial charge in [0.15, 0.2) is 0 Å². The summed E-state index contributed by atoms with van der Waals surface area (Å²) in [7, 11) is 0. The molecule has 7 nitrogen and oxygen atoms in total. The van der Waals surface area contributed by atoms with E-state index < -0.39 is 0 Å². The number of aryl methyl sites for hydroxylation is 1. The van der Waals surface area contributed by atoms with E-state index in [9.17, 15) is 9.59 Å². The van der Waals surface area contributed by atoms with Crippen LogP contribution < -0.4 is 10.4 Å². The zero-order valence-electron chi connectivity index (χ0n) is 19.0. The molecule has 2 aromatic carbocycles. The van der Waals surface area contributed by atoms with Crippen LogP contribution in [-0.2, 0) is 13.2 Å². The molecular weight excluding hydrogens is 432 g/mol. The van der Waals surface area contributed by atoms with E-state index in [0.29, 0.717) is 36.6 Å². The average molecular weight is 459 g/mol. The van der Waals surface area contributed by atoms with Crippen molar-refractivity contribution >= 4 is 16.9 Å². The lowest BCUT2D eigenvalue weighted by Crippen LogP contribution is -2.48. The predicted octanol–water partition coefficient (Wildman–Crippen LogP) is 4.23. The van der Waals surface area contributed by atoms with Crippen LogP contribution in [0.1, 0.15) is 27.2 Å². The van der Waals surface area contributed by atoms with Gasteiger partial charge in [-0.15, -0.1) is 0 Å². The molecule has 1 aliphatic rings. The molecule has 1 saturated heterocycles. The van der Waals surface area contributed by atoms with Crippen molar-refractivity contribution < 1.29 is 18.4 Å². The van der Waals surface area contributed by atoms with Crippen LogP contribution in [0, 0.1) is 6.92 Å². The Morgan fingerprint density at radius 2 is 1.79 bits per heavy atom. The molecule has 1 aliphatic heterocycles. The second-order valence-electron chi connectivity index (χ2n) is 8.54. The van der Waals surface area contributed by atoms with Crippen molar-refractivity contribution in [1.29, 1.82) is 0 Å². The van der Waals surface area contributed by atoms with Crippen LogP contribution in [0.5, 0.6) is 5.75 Å². The molecule has 34 heavy (non-hydrogen) atoms. The highest BCUT2D eigenvalue weighted by Gasteiger charge is 2.22. The summed E-state index contributed by atoms with van der Waals surface area (Å²) in [6.07, 6.45) is 1.69. The molecule has 174 valence electrons. The Kier molecular flexibility index (Phi) is 6.18. The van der Waals surface area contributed by atoms with Crippen molar-refractivity contribution in [2.75, 3.05) is 26.2 Å². The number of furan rings is 1. The molecular formula is C27H26N2O5. The molecule has 2 aromatic heterocycles. The van der Waals surface area contributed by atoms with Gasteiger partial charge in [-0.2, -0.15) is 0 Å². The maximum absolute atomic E-state index is 12.9. The minimum Gasteiger partial charge on any atom is -0.489 e. The molecule has 0 spiro atoms. The second-order valence-corrected chi connectivity index (χ2v) is 8.54. The molecule has 7 heteroatoms. The highest BCUT2D eigenvalue weighted by Crippen LogP contribution is 2.23. The Morgan fingerprint density at radius 3 is 2.53 bits per heavy atom. The number of fused-ring (bicyclic) bond motifs is 1. The van der Waals surface area contributed by atoms with Crippen LogP contribution in [-0.4, -0.2) is 41.9 Å². The first-order valence-corrected chi connectivity index (χ1v) is 11.4. The second kappa shape index (κ2) is 9.57. The van der Waals surface area contributed by atoms with Crippen LogP contribution >= 0.6 is 0 Å². The fourth-order valence-electron chi connectivity index (χ4n) is 4.22. The summed E-state index contributed by atoms with van der Waals surface area (Å²) in [5.41, 5.74) is 2.63. The minimum atomic E-state index is -0.374. The topological polar surface area (TPSA) is 76.1 Å². The minimum absolute atomic E-state index is 0.0463. The third-order valence-corrected chi connectivity index (χ3v) is 6.15. The SMILES string of the molecule is Cc1cc(=O)oc2cc(OCc3ccc(C(=O)N4CCN(Cc5ccco5)CC4)cc3)ccc12. The molecule has 1 fully saturated rings. The summed E-state index contributed by atoms with van der Waals surface area (Å²) in [6.45, 7) is 6.04. The number of hydrogen-bond acceptors (Lipinski definition) is 6. The summed E-state index contributed by atoms with van der Waals surface area (Å²) < 4.78 is 16.6. The van der Waals surface area contributed by atoms with E-state index in [0.717, 1.165) is 41.9 Å². The molecule has 0 N–H and O–H groups in total. The highest BCUT2D eigenvalue weighted by atomic mass is 16.5. The first kappa shape index (κ1) is 22.0. The highest BCUT2D eigenvalue weighted by molar-refractivity contribution is 5.94. The Balaban J connectivity index is 1.16. The van der Waals surface area contributed by atoms with Crippen molar-refractivity contribution in [3.8, 4) is 5.75 Å². The quantitative estimate of drug-likeness (QED) is 0.403. The predicted molar refractivity (Wildman–Crippen MR) is 128 cm³/mol. The van der Waals surface area contributed by atoms with Gasteiger partial charge in [0, 0.05) is 49.3 Å². The van der Waals surface area contributed by atoms with E-state index in [-0.39, 0.29) is 11.5 Å². The fraction of sp³-hybridized carbons (Fsp3) is 0.259. The van der Waals surface area contributed by atoms with Crippen LogP contribution in [0.15, 0.2) is 80.6 Å². The number of hydrogen-bond donors (Lipinski definition) is 0. The van der Waals surface area contributed by atoms with E-state index in [1.165, 1.54) is 6.07 Å². The van der Waals surface area contributed by atoms with Gasteiger partial charge in [0.25, 0.3) is 5.91 Å². The standard InChI is InChI=1S/C27H26N2O5/c1-19-15-26(30)34-25-16-22(8-9-24(19)25)33-18-20-4-6-21(7-5-20)27(31)29-12-10-28(11-13-29)17-23-3-2-14-32-23/h2-9,14-16H,10-13,17-18H2,1H3. The van der Waals surface area contributed by atoms with Gasteiger partial charge in [-0.3, -0.25) is 9.69 Å². The molecule has 0 atom stereocenters. The van der Waals surface area contributed by atoms with Gasteiger partial charge in [-0.25, -0.2) is 4.79 Å². The Hall–Kier alpha value is -3.84. The first-order valence-electron chi connectivity index (χ1n) is 11.4. The van der Waals surface area contributed by atoms with Gasteiger partial charge < -0.3 is 18.5 Å². The largest absolute Gasteiger partial charge is 0.489 e. The molecule has 0 unspecified atom stereocenters. The van der Waals surface area contributed by atoms with Gasteiger partial charge in [0.2, 0.25) is 0 Å². The van der Waals surface area contributed by atoms with Crippen molar-refractivity contribution in [1.82, 2.24) is 9.80 Å². The number of rotatable bonds is 6. The number of carbonyl (C=O) groups is 1. The number of piperazine rings is 1. The Labute approximate surface area is 197 Å². The monoisotopic (exact) mass is 458 g/mol. The van der Waals surface area contributed by atoms with Crippen LogP contribution in [0.3, 0.4) is 0 Å². The molecule has 0 aliphatic carbocycles. The smallest absolute Gasteiger partial charge is 0.336 e. The number of ether oxygens (including phenoxy) is 1. The normalized spacial score (nSPS) is 14.4.